The number of nitrogens with one attached hydrogen (secondary N) is 1. The molecule has 0 saturated carbocycles. The zero-order valence-electron chi connectivity index (χ0n) is 14.4. The Bertz CT molecular complexity index is 917. The third-order valence-electron chi connectivity index (χ3n) is 4.35. The van der Waals surface area contributed by atoms with Crippen LogP contribution in [-0.2, 0) is 9.84 Å². The van der Waals surface area contributed by atoms with E-state index in [0.29, 0.717) is 29.4 Å². The average molecular weight is 394 g/mol. The molecule has 1 N–H and O–H groups in total. The molecule has 1 aromatic carbocycles. The van der Waals surface area contributed by atoms with E-state index in [9.17, 15) is 13.2 Å². The number of rotatable bonds is 5. The van der Waals surface area contributed by atoms with Crippen LogP contribution in [0.15, 0.2) is 42.6 Å². The van der Waals surface area contributed by atoms with E-state index in [1.54, 1.807) is 35.4 Å². The Morgan fingerprint density at radius 1 is 1.35 bits per heavy atom. The Balaban J connectivity index is 1.79. The SMILES string of the molecule is CCN(C(=O)c1ccnc(Nc2cccc(Cl)c2)c1)C1CCS(=O)(=O)C1. The second-order valence-corrected chi connectivity index (χ2v) is 8.88. The molecule has 1 saturated heterocycles. The zero-order valence-corrected chi connectivity index (χ0v) is 15.9. The van der Waals surface area contributed by atoms with Crippen molar-refractivity contribution in [2.75, 3.05) is 23.4 Å². The fourth-order valence-electron chi connectivity index (χ4n) is 3.10. The lowest BCUT2D eigenvalue weighted by Crippen LogP contribution is -2.41. The molecule has 3 rings (SSSR count). The summed E-state index contributed by atoms with van der Waals surface area (Å²) >= 11 is 5.98. The molecular formula is C18H20ClN3O3S. The van der Waals surface area contributed by atoms with Crippen LogP contribution < -0.4 is 5.32 Å². The molecule has 1 aliphatic rings. The van der Waals surface area contributed by atoms with Crippen LogP contribution in [-0.4, -0.2) is 48.3 Å². The number of nitrogens with zero attached hydrogens (tertiary/aromatic N) is 2. The lowest BCUT2D eigenvalue weighted by Gasteiger charge is -2.27. The highest BCUT2D eigenvalue weighted by molar-refractivity contribution is 7.91. The summed E-state index contributed by atoms with van der Waals surface area (Å²) in [4.78, 5) is 18.7. The van der Waals surface area contributed by atoms with Crippen molar-refractivity contribution in [1.29, 1.82) is 0 Å². The molecule has 1 amide bonds. The summed E-state index contributed by atoms with van der Waals surface area (Å²) in [5, 5.41) is 3.72. The minimum atomic E-state index is -3.05. The number of benzene rings is 1. The molecule has 1 fully saturated rings. The summed E-state index contributed by atoms with van der Waals surface area (Å²) in [6.45, 7) is 2.31. The third-order valence-corrected chi connectivity index (χ3v) is 6.34. The molecule has 0 aliphatic carbocycles. The summed E-state index contributed by atoms with van der Waals surface area (Å²) in [6.07, 6.45) is 2.04. The summed E-state index contributed by atoms with van der Waals surface area (Å²) in [5.41, 5.74) is 1.24. The van der Waals surface area contributed by atoms with Gasteiger partial charge in [-0.25, -0.2) is 13.4 Å². The Kier molecular flexibility index (Phi) is 5.48. The van der Waals surface area contributed by atoms with Crippen molar-refractivity contribution in [3.8, 4) is 0 Å². The van der Waals surface area contributed by atoms with Gasteiger partial charge in [0.25, 0.3) is 5.91 Å². The Morgan fingerprint density at radius 2 is 2.15 bits per heavy atom. The Labute approximate surface area is 158 Å². The van der Waals surface area contributed by atoms with Crippen molar-refractivity contribution < 1.29 is 13.2 Å². The molecule has 138 valence electrons. The zero-order chi connectivity index (χ0) is 18.7. The number of hydrogen-bond acceptors (Lipinski definition) is 5. The predicted octanol–water partition coefficient (Wildman–Crippen LogP) is 3.13. The van der Waals surface area contributed by atoms with E-state index in [-0.39, 0.29) is 23.5 Å². The van der Waals surface area contributed by atoms with Gasteiger partial charge >= 0.3 is 0 Å². The highest BCUT2D eigenvalue weighted by Gasteiger charge is 2.34. The van der Waals surface area contributed by atoms with Crippen LogP contribution in [0.25, 0.3) is 0 Å². The molecule has 0 radical (unpaired) electrons. The number of anilines is 2. The number of amides is 1. The number of pyridine rings is 1. The van der Waals surface area contributed by atoms with Crippen molar-refractivity contribution in [1.82, 2.24) is 9.88 Å². The van der Waals surface area contributed by atoms with Crippen molar-refractivity contribution in [2.45, 2.75) is 19.4 Å². The van der Waals surface area contributed by atoms with E-state index < -0.39 is 9.84 Å². The van der Waals surface area contributed by atoms with Crippen LogP contribution in [0.4, 0.5) is 11.5 Å². The van der Waals surface area contributed by atoms with E-state index in [0.717, 1.165) is 5.69 Å². The highest BCUT2D eigenvalue weighted by atomic mass is 35.5. The van der Waals surface area contributed by atoms with Gasteiger partial charge in [0, 0.05) is 35.1 Å². The van der Waals surface area contributed by atoms with E-state index in [1.165, 1.54) is 0 Å². The van der Waals surface area contributed by atoms with Gasteiger partial charge in [-0.15, -0.1) is 0 Å². The first-order valence-corrected chi connectivity index (χ1v) is 10.6. The van der Waals surface area contributed by atoms with Gasteiger partial charge in [0.15, 0.2) is 9.84 Å². The number of carbonyl (C=O) groups excluding carboxylic acids is 1. The number of carbonyl (C=O) groups is 1. The van der Waals surface area contributed by atoms with E-state index >= 15 is 0 Å². The van der Waals surface area contributed by atoms with Crippen LogP contribution >= 0.6 is 11.6 Å². The van der Waals surface area contributed by atoms with E-state index in [1.807, 2.05) is 19.1 Å². The van der Waals surface area contributed by atoms with Crippen LogP contribution in [0.3, 0.4) is 0 Å². The van der Waals surface area contributed by atoms with Crippen LogP contribution in [0.5, 0.6) is 0 Å². The normalized spacial score (nSPS) is 18.5. The minimum absolute atomic E-state index is 0.0330. The number of aromatic nitrogens is 1. The van der Waals surface area contributed by atoms with Crippen molar-refractivity contribution in [3.63, 3.8) is 0 Å². The Morgan fingerprint density at radius 3 is 2.81 bits per heavy atom. The first-order valence-electron chi connectivity index (χ1n) is 8.38. The molecule has 2 heterocycles. The fourth-order valence-corrected chi connectivity index (χ4v) is 5.02. The molecule has 1 aliphatic heterocycles. The molecule has 0 spiro atoms. The first-order chi connectivity index (χ1) is 12.4. The van der Waals surface area contributed by atoms with Gasteiger partial charge in [0.05, 0.1) is 11.5 Å². The van der Waals surface area contributed by atoms with Crippen molar-refractivity contribution in [3.05, 3.63) is 53.2 Å². The molecule has 1 atom stereocenters. The molecule has 1 unspecified atom stereocenters. The highest BCUT2D eigenvalue weighted by Crippen LogP contribution is 2.22. The lowest BCUT2D eigenvalue weighted by atomic mass is 10.1. The summed E-state index contributed by atoms with van der Waals surface area (Å²) < 4.78 is 23.5. The summed E-state index contributed by atoms with van der Waals surface area (Å²) in [7, 11) is -3.05. The number of halogens is 1. The number of hydrogen-bond donors (Lipinski definition) is 1. The monoisotopic (exact) mass is 393 g/mol. The fraction of sp³-hybridized carbons (Fsp3) is 0.333. The molecular weight excluding hydrogens is 374 g/mol. The molecule has 6 nitrogen and oxygen atoms in total. The van der Waals surface area contributed by atoms with Crippen molar-refractivity contribution >= 4 is 38.9 Å². The second-order valence-electron chi connectivity index (χ2n) is 6.21. The molecule has 8 heteroatoms. The largest absolute Gasteiger partial charge is 0.340 e. The molecule has 0 bridgehead atoms. The van der Waals surface area contributed by atoms with Gasteiger partial charge in [0.1, 0.15) is 5.82 Å². The number of sulfone groups is 1. The molecule has 2 aromatic rings. The van der Waals surface area contributed by atoms with Crippen LogP contribution in [0.1, 0.15) is 23.7 Å². The standard InChI is InChI=1S/C18H20ClN3O3S/c1-2-22(16-7-9-26(24,25)12-16)18(23)13-6-8-20-17(10-13)21-15-5-3-4-14(19)11-15/h3-6,8,10-11,16H,2,7,9,12H2,1H3,(H,20,21). The maximum atomic E-state index is 12.9. The van der Waals surface area contributed by atoms with Crippen LogP contribution in [0, 0.1) is 0 Å². The molecule has 26 heavy (non-hydrogen) atoms. The van der Waals surface area contributed by atoms with Gasteiger partial charge in [-0.2, -0.15) is 0 Å². The first kappa shape index (κ1) is 18.7. The minimum Gasteiger partial charge on any atom is -0.340 e. The van der Waals surface area contributed by atoms with E-state index in [2.05, 4.69) is 10.3 Å². The topological polar surface area (TPSA) is 79.4 Å². The maximum Gasteiger partial charge on any atom is 0.254 e. The van der Waals surface area contributed by atoms with E-state index in [4.69, 9.17) is 11.6 Å². The maximum absolute atomic E-state index is 12.9. The lowest BCUT2D eigenvalue weighted by molar-refractivity contribution is 0.0708. The van der Waals surface area contributed by atoms with Crippen LogP contribution in [0.2, 0.25) is 5.02 Å². The van der Waals surface area contributed by atoms with Gasteiger partial charge in [0.2, 0.25) is 0 Å². The summed E-state index contributed by atoms with van der Waals surface area (Å²) in [5.74, 6) is 0.504. The smallest absolute Gasteiger partial charge is 0.254 e. The van der Waals surface area contributed by atoms with Gasteiger partial charge < -0.3 is 10.2 Å². The Hall–Kier alpha value is -2.12. The van der Waals surface area contributed by atoms with Gasteiger partial charge in [-0.3, -0.25) is 4.79 Å². The predicted molar refractivity (Wildman–Crippen MR) is 103 cm³/mol. The third kappa shape index (κ3) is 4.34. The molecule has 1 aromatic heterocycles. The van der Waals surface area contributed by atoms with Gasteiger partial charge in [-0.1, -0.05) is 17.7 Å². The second kappa shape index (κ2) is 7.63. The van der Waals surface area contributed by atoms with Crippen molar-refractivity contribution in [2.24, 2.45) is 0 Å². The average Bonchev–Trinajstić information content (AvgIpc) is 2.95. The van der Waals surface area contributed by atoms with Gasteiger partial charge in [-0.05, 0) is 43.7 Å². The quantitative estimate of drug-likeness (QED) is 0.844. The summed E-state index contributed by atoms with van der Waals surface area (Å²) in [6, 6.07) is 10.2.